The summed E-state index contributed by atoms with van der Waals surface area (Å²) in [4.78, 5) is 14.5. The van der Waals surface area contributed by atoms with Gasteiger partial charge in [0.25, 0.3) is 5.89 Å². The Morgan fingerprint density at radius 3 is 2.65 bits per heavy atom. The summed E-state index contributed by atoms with van der Waals surface area (Å²) >= 11 is 0. The SMILES string of the molecule is O=C(N[C@@H]1CCCC[C@H]1N1Cc2ccc(-c3nnc(C(F)F)o3)cc2S1(=O)=O)N1CCOCC1. The van der Waals surface area contributed by atoms with E-state index in [1.54, 1.807) is 17.0 Å². The zero-order chi connectivity index (χ0) is 23.9. The molecule has 10 nitrogen and oxygen atoms in total. The van der Waals surface area contributed by atoms with Crippen LogP contribution < -0.4 is 5.32 Å². The Morgan fingerprint density at radius 2 is 1.91 bits per heavy atom. The highest BCUT2D eigenvalue weighted by Gasteiger charge is 2.44. The van der Waals surface area contributed by atoms with Gasteiger partial charge in [0.05, 0.1) is 18.1 Å². The van der Waals surface area contributed by atoms with Crippen molar-refractivity contribution in [3.63, 3.8) is 0 Å². The van der Waals surface area contributed by atoms with Gasteiger partial charge in [0.15, 0.2) is 0 Å². The molecule has 1 saturated heterocycles. The van der Waals surface area contributed by atoms with Crippen molar-refractivity contribution < 1.29 is 31.1 Å². The molecule has 0 bridgehead atoms. The van der Waals surface area contributed by atoms with Crippen LogP contribution in [0.15, 0.2) is 27.5 Å². The number of hydrogen-bond acceptors (Lipinski definition) is 7. The largest absolute Gasteiger partial charge is 0.415 e. The van der Waals surface area contributed by atoms with Crippen molar-refractivity contribution in [1.29, 1.82) is 0 Å². The number of morpholine rings is 1. The van der Waals surface area contributed by atoms with E-state index in [0.29, 0.717) is 44.7 Å². The summed E-state index contributed by atoms with van der Waals surface area (Å²) in [5.41, 5.74) is 0.852. The second kappa shape index (κ2) is 9.19. The molecule has 1 aliphatic carbocycles. The Bertz CT molecular complexity index is 1170. The molecule has 184 valence electrons. The highest BCUT2D eigenvalue weighted by atomic mass is 32.2. The number of carbonyl (C=O) groups is 1. The average molecular weight is 498 g/mol. The third kappa shape index (κ3) is 4.27. The number of benzene rings is 1. The fourth-order valence-corrected chi connectivity index (χ4v) is 6.72. The fourth-order valence-electron chi connectivity index (χ4n) is 4.81. The Kier molecular flexibility index (Phi) is 6.25. The summed E-state index contributed by atoms with van der Waals surface area (Å²) in [7, 11) is -3.87. The third-order valence-corrected chi connectivity index (χ3v) is 8.51. The quantitative estimate of drug-likeness (QED) is 0.690. The number of ether oxygens (including phenoxy) is 1. The molecule has 1 aromatic carbocycles. The minimum atomic E-state index is -3.87. The van der Waals surface area contributed by atoms with Gasteiger partial charge in [0.1, 0.15) is 0 Å². The average Bonchev–Trinajstić information content (AvgIpc) is 3.43. The normalized spacial score (nSPS) is 24.9. The summed E-state index contributed by atoms with van der Waals surface area (Å²) in [6.07, 6.45) is 0.174. The van der Waals surface area contributed by atoms with Crippen molar-refractivity contribution in [3.8, 4) is 11.5 Å². The van der Waals surface area contributed by atoms with Gasteiger partial charge in [-0.25, -0.2) is 13.2 Å². The number of halogens is 2. The Balaban J connectivity index is 1.37. The van der Waals surface area contributed by atoms with Gasteiger partial charge in [-0.2, -0.15) is 13.1 Å². The van der Waals surface area contributed by atoms with E-state index in [9.17, 15) is 22.0 Å². The Morgan fingerprint density at radius 1 is 1.15 bits per heavy atom. The number of nitrogens with one attached hydrogen (secondary N) is 1. The number of urea groups is 1. The Hall–Kier alpha value is -2.64. The molecule has 0 spiro atoms. The lowest BCUT2D eigenvalue weighted by Gasteiger charge is -2.38. The van der Waals surface area contributed by atoms with E-state index in [1.807, 2.05) is 0 Å². The first-order chi connectivity index (χ1) is 16.3. The molecule has 2 aromatic rings. The van der Waals surface area contributed by atoms with Crippen molar-refractivity contribution in [3.05, 3.63) is 29.7 Å². The molecule has 13 heteroatoms. The Labute approximate surface area is 195 Å². The zero-order valence-electron chi connectivity index (χ0n) is 18.3. The summed E-state index contributed by atoms with van der Waals surface area (Å²) in [6, 6.07) is 3.71. The van der Waals surface area contributed by atoms with Gasteiger partial charge in [0.2, 0.25) is 15.9 Å². The molecule has 3 aliphatic rings. The standard InChI is InChI=1S/C21H25F2N5O5S/c22-18(23)20-26-25-19(33-20)13-5-6-14-12-28(34(30,31)17(14)11-13)16-4-2-1-3-15(16)24-21(29)27-7-9-32-10-8-27/h5-6,11,15-16,18H,1-4,7-10,12H2,(H,24,29)/t15-,16-/m1/s1. The molecule has 2 amide bonds. The number of sulfonamides is 1. The predicted molar refractivity (Wildman–Crippen MR) is 114 cm³/mol. The number of alkyl halides is 2. The molecule has 3 heterocycles. The lowest BCUT2D eigenvalue weighted by atomic mass is 9.90. The molecular formula is C21H25F2N5O5S. The van der Waals surface area contributed by atoms with Crippen molar-refractivity contribution in [2.75, 3.05) is 26.3 Å². The minimum Gasteiger partial charge on any atom is -0.415 e. The van der Waals surface area contributed by atoms with Gasteiger partial charge in [-0.3, -0.25) is 0 Å². The molecule has 2 atom stereocenters. The van der Waals surface area contributed by atoms with Crippen LogP contribution in [0.2, 0.25) is 0 Å². The summed E-state index contributed by atoms with van der Waals surface area (Å²) in [5, 5.41) is 9.97. The maximum Gasteiger partial charge on any atom is 0.317 e. The van der Waals surface area contributed by atoms with Gasteiger partial charge < -0.3 is 19.4 Å². The number of aromatic nitrogens is 2. The van der Waals surface area contributed by atoms with Gasteiger partial charge in [-0.1, -0.05) is 18.9 Å². The summed E-state index contributed by atoms with van der Waals surface area (Å²) < 4.78 is 64.4. The maximum absolute atomic E-state index is 13.5. The molecule has 1 N–H and O–H groups in total. The number of amides is 2. The van der Waals surface area contributed by atoms with E-state index in [0.717, 1.165) is 12.8 Å². The molecular weight excluding hydrogens is 472 g/mol. The van der Waals surface area contributed by atoms with Crippen LogP contribution in [-0.2, 0) is 21.3 Å². The van der Waals surface area contributed by atoms with E-state index in [4.69, 9.17) is 9.15 Å². The fraction of sp³-hybridized carbons (Fsp3) is 0.571. The number of fused-ring (bicyclic) bond motifs is 1. The number of carbonyl (C=O) groups excluding carboxylic acids is 1. The van der Waals surface area contributed by atoms with Crippen LogP contribution in [0.1, 0.15) is 43.6 Å². The molecule has 1 aromatic heterocycles. The van der Waals surface area contributed by atoms with E-state index in [-0.39, 0.29) is 41.0 Å². The predicted octanol–water partition coefficient (Wildman–Crippen LogP) is 2.53. The molecule has 2 fully saturated rings. The summed E-state index contributed by atoms with van der Waals surface area (Å²) in [6.45, 7) is 2.15. The first kappa shape index (κ1) is 23.1. The lowest BCUT2D eigenvalue weighted by Crippen LogP contribution is -2.57. The second-order valence-corrected chi connectivity index (χ2v) is 10.5. The van der Waals surface area contributed by atoms with Crippen molar-refractivity contribution >= 4 is 16.1 Å². The van der Waals surface area contributed by atoms with Gasteiger partial charge >= 0.3 is 12.5 Å². The first-order valence-electron chi connectivity index (χ1n) is 11.2. The smallest absolute Gasteiger partial charge is 0.317 e. The molecule has 2 aliphatic heterocycles. The monoisotopic (exact) mass is 497 g/mol. The van der Waals surface area contributed by atoms with Crippen LogP contribution >= 0.6 is 0 Å². The zero-order valence-corrected chi connectivity index (χ0v) is 19.1. The van der Waals surface area contributed by atoms with Crippen LogP contribution in [0.5, 0.6) is 0 Å². The highest BCUT2D eigenvalue weighted by Crippen LogP contribution is 2.38. The van der Waals surface area contributed by atoms with E-state index < -0.39 is 22.3 Å². The number of nitrogens with zero attached hydrogens (tertiary/aromatic N) is 4. The topological polar surface area (TPSA) is 118 Å². The van der Waals surface area contributed by atoms with Crippen LogP contribution in [0.3, 0.4) is 0 Å². The molecule has 0 unspecified atom stereocenters. The number of hydrogen-bond donors (Lipinski definition) is 1. The first-order valence-corrected chi connectivity index (χ1v) is 12.7. The third-order valence-electron chi connectivity index (χ3n) is 6.56. The minimum absolute atomic E-state index is 0.0885. The van der Waals surface area contributed by atoms with Crippen LogP contribution in [0, 0.1) is 0 Å². The summed E-state index contributed by atoms with van der Waals surface area (Å²) in [5.74, 6) is -0.985. The van der Waals surface area contributed by atoms with Crippen molar-refractivity contribution in [2.45, 2.75) is 55.6 Å². The van der Waals surface area contributed by atoms with Gasteiger partial charge in [0, 0.05) is 37.3 Å². The lowest BCUT2D eigenvalue weighted by molar-refractivity contribution is 0.0510. The van der Waals surface area contributed by atoms with E-state index >= 15 is 0 Å². The van der Waals surface area contributed by atoms with Crippen LogP contribution in [0.4, 0.5) is 13.6 Å². The maximum atomic E-state index is 13.5. The van der Waals surface area contributed by atoms with E-state index in [2.05, 4.69) is 15.5 Å². The van der Waals surface area contributed by atoms with Crippen LogP contribution in [-0.4, -0.2) is 72.2 Å². The molecule has 0 radical (unpaired) electrons. The highest BCUT2D eigenvalue weighted by molar-refractivity contribution is 7.89. The van der Waals surface area contributed by atoms with Gasteiger partial charge in [-0.05, 0) is 30.5 Å². The number of rotatable bonds is 4. The van der Waals surface area contributed by atoms with Gasteiger partial charge in [-0.15, -0.1) is 10.2 Å². The molecule has 1 saturated carbocycles. The molecule has 34 heavy (non-hydrogen) atoms. The second-order valence-electron chi connectivity index (χ2n) is 8.63. The van der Waals surface area contributed by atoms with Crippen molar-refractivity contribution in [1.82, 2.24) is 24.7 Å². The van der Waals surface area contributed by atoms with Crippen LogP contribution in [0.25, 0.3) is 11.5 Å². The molecule has 5 rings (SSSR count). The van der Waals surface area contributed by atoms with Crippen molar-refractivity contribution in [2.24, 2.45) is 0 Å². The van der Waals surface area contributed by atoms with E-state index in [1.165, 1.54) is 10.4 Å².